The standard InChI is InChI=1S/C7H13NO2S.ClH/c9-11(10)3-1-2-7(6-11)4-8-5-7;/h8H,1-6H2;1H. The van der Waals surface area contributed by atoms with Crippen LogP contribution in [0.1, 0.15) is 12.8 Å². The van der Waals surface area contributed by atoms with Gasteiger partial charge in [-0.2, -0.15) is 0 Å². The monoisotopic (exact) mass is 211 g/mol. The first-order chi connectivity index (χ1) is 5.12. The van der Waals surface area contributed by atoms with Gasteiger partial charge < -0.3 is 5.32 Å². The first kappa shape index (κ1) is 10.3. The van der Waals surface area contributed by atoms with Crippen LogP contribution in [0.15, 0.2) is 0 Å². The highest BCUT2D eigenvalue weighted by atomic mass is 35.5. The van der Waals surface area contributed by atoms with Crippen LogP contribution >= 0.6 is 12.4 Å². The second-order valence-electron chi connectivity index (χ2n) is 3.80. The molecule has 1 N–H and O–H groups in total. The molecule has 0 bridgehead atoms. The van der Waals surface area contributed by atoms with Gasteiger partial charge in [0.1, 0.15) is 0 Å². The Morgan fingerprint density at radius 3 is 2.25 bits per heavy atom. The van der Waals surface area contributed by atoms with Crippen molar-refractivity contribution in [1.29, 1.82) is 0 Å². The summed E-state index contributed by atoms with van der Waals surface area (Å²) in [7, 11) is -2.69. The van der Waals surface area contributed by atoms with Crippen LogP contribution < -0.4 is 5.32 Å². The van der Waals surface area contributed by atoms with Crippen LogP contribution in [0.5, 0.6) is 0 Å². The zero-order valence-corrected chi connectivity index (χ0v) is 8.51. The molecule has 0 saturated carbocycles. The Morgan fingerprint density at radius 1 is 1.25 bits per heavy atom. The van der Waals surface area contributed by atoms with Gasteiger partial charge in [0.05, 0.1) is 11.5 Å². The highest BCUT2D eigenvalue weighted by Gasteiger charge is 2.43. The van der Waals surface area contributed by atoms with Crippen molar-refractivity contribution in [2.75, 3.05) is 24.6 Å². The molecule has 2 rings (SSSR count). The van der Waals surface area contributed by atoms with E-state index in [1.165, 1.54) is 0 Å². The Hall–Kier alpha value is 0.200. The topological polar surface area (TPSA) is 46.2 Å². The predicted octanol–water partition coefficient (Wildman–Crippen LogP) is 0.206. The zero-order valence-electron chi connectivity index (χ0n) is 6.88. The highest BCUT2D eigenvalue weighted by molar-refractivity contribution is 7.91. The third kappa shape index (κ3) is 1.75. The average Bonchev–Trinajstić information content (AvgIpc) is 1.82. The molecule has 0 aliphatic carbocycles. The number of halogens is 1. The molecular weight excluding hydrogens is 198 g/mol. The maximum atomic E-state index is 11.2. The molecule has 0 aromatic carbocycles. The van der Waals surface area contributed by atoms with Gasteiger partial charge in [0, 0.05) is 18.5 Å². The summed E-state index contributed by atoms with van der Waals surface area (Å²) in [6, 6.07) is 0. The van der Waals surface area contributed by atoms with E-state index in [2.05, 4.69) is 5.32 Å². The minimum absolute atomic E-state index is 0. The maximum Gasteiger partial charge on any atom is 0.150 e. The number of hydrogen-bond donors (Lipinski definition) is 1. The van der Waals surface area contributed by atoms with Crippen LogP contribution in [0, 0.1) is 5.41 Å². The Bertz CT molecular complexity index is 259. The number of hydrogen-bond acceptors (Lipinski definition) is 3. The van der Waals surface area contributed by atoms with Crippen molar-refractivity contribution in [2.45, 2.75) is 12.8 Å². The lowest BCUT2D eigenvalue weighted by Crippen LogP contribution is -2.58. The number of sulfone groups is 1. The van der Waals surface area contributed by atoms with Crippen molar-refractivity contribution in [3.05, 3.63) is 0 Å². The smallest absolute Gasteiger partial charge is 0.150 e. The van der Waals surface area contributed by atoms with Gasteiger partial charge >= 0.3 is 0 Å². The van der Waals surface area contributed by atoms with E-state index < -0.39 is 9.84 Å². The van der Waals surface area contributed by atoms with Gasteiger partial charge in [-0.1, -0.05) is 0 Å². The lowest BCUT2D eigenvalue weighted by Gasteiger charge is -2.44. The van der Waals surface area contributed by atoms with Crippen LogP contribution in [0.2, 0.25) is 0 Å². The van der Waals surface area contributed by atoms with E-state index in [4.69, 9.17) is 0 Å². The van der Waals surface area contributed by atoms with E-state index in [1.807, 2.05) is 0 Å². The van der Waals surface area contributed by atoms with Crippen molar-refractivity contribution in [2.24, 2.45) is 5.41 Å². The largest absolute Gasteiger partial charge is 0.315 e. The van der Waals surface area contributed by atoms with Gasteiger partial charge in [0.25, 0.3) is 0 Å². The summed E-state index contributed by atoms with van der Waals surface area (Å²) in [5.74, 6) is 0.835. The van der Waals surface area contributed by atoms with Crippen LogP contribution in [0.25, 0.3) is 0 Å². The summed E-state index contributed by atoms with van der Waals surface area (Å²) in [4.78, 5) is 0. The maximum absolute atomic E-state index is 11.2. The molecule has 72 valence electrons. The molecule has 2 fully saturated rings. The van der Waals surface area contributed by atoms with Crippen LogP contribution in [0.4, 0.5) is 0 Å². The zero-order chi connectivity index (χ0) is 7.95. The molecule has 1 spiro atoms. The summed E-state index contributed by atoms with van der Waals surface area (Å²) in [5.41, 5.74) is 0.136. The molecule has 5 heteroatoms. The normalized spacial score (nSPS) is 30.3. The fourth-order valence-electron chi connectivity index (χ4n) is 2.04. The fourth-order valence-corrected chi connectivity index (χ4v) is 4.05. The minimum Gasteiger partial charge on any atom is -0.315 e. The van der Waals surface area contributed by atoms with Crippen LogP contribution in [-0.4, -0.2) is 33.0 Å². The third-order valence-corrected chi connectivity index (χ3v) is 4.65. The molecule has 0 unspecified atom stereocenters. The third-order valence-electron chi connectivity index (χ3n) is 2.69. The Balaban J connectivity index is 0.000000720. The van der Waals surface area contributed by atoms with E-state index in [9.17, 15) is 8.42 Å². The number of rotatable bonds is 0. The molecule has 0 atom stereocenters. The molecular formula is C7H14ClNO2S. The van der Waals surface area contributed by atoms with E-state index in [-0.39, 0.29) is 17.8 Å². The quantitative estimate of drug-likeness (QED) is 0.623. The van der Waals surface area contributed by atoms with Gasteiger partial charge in [-0.05, 0) is 12.8 Å². The van der Waals surface area contributed by atoms with Crippen molar-refractivity contribution in [3.63, 3.8) is 0 Å². The second kappa shape index (κ2) is 3.16. The molecule has 2 heterocycles. The Morgan fingerprint density at radius 2 is 1.92 bits per heavy atom. The molecule has 2 aliphatic rings. The van der Waals surface area contributed by atoms with E-state index in [1.54, 1.807) is 0 Å². The van der Waals surface area contributed by atoms with Crippen molar-refractivity contribution in [3.8, 4) is 0 Å². The van der Waals surface area contributed by atoms with E-state index in [0.29, 0.717) is 11.5 Å². The van der Waals surface area contributed by atoms with Gasteiger partial charge in [-0.15, -0.1) is 12.4 Å². The Kier molecular flexibility index (Phi) is 2.71. The van der Waals surface area contributed by atoms with E-state index in [0.717, 1.165) is 25.9 Å². The van der Waals surface area contributed by atoms with Gasteiger partial charge in [0.2, 0.25) is 0 Å². The highest BCUT2D eigenvalue weighted by Crippen LogP contribution is 2.34. The molecule has 0 aromatic rings. The van der Waals surface area contributed by atoms with Crippen LogP contribution in [-0.2, 0) is 9.84 Å². The van der Waals surface area contributed by atoms with Gasteiger partial charge in [0.15, 0.2) is 9.84 Å². The number of nitrogens with one attached hydrogen (secondary N) is 1. The van der Waals surface area contributed by atoms with Crippen LogP contribution in [0.3, 0.4) is 0 Å². The average molecular weight is 212 g/mol. The molecule has 2 aliphatic heterocycles. The van der Waals surface area contributed by atoms with Gasteiger partial charge in [-0.25, -0.2) is 8.42 Å². The van der Waals surface area contributed by atoms with Gasteiger partial charge in [-0.3, -0.25) is 0 Å². The molecule has 0 radical (unpaired) electrons. The molecule has 0 aromatic heterocycles. The molecule has 2 saturated heterocycles. The van der Waals surface area contributed by atoms with Crippen molar-refractivity contribution >= 4 is 22.2 Å². The SMILES string of the molecule is Cl.O=S1(=O)CCCC2(CNC2)C1. The first-order valence-electron chi connectivity index (χ1n) is 4.03. The fraction of sp³-hybridized carbons (Fsp3) is 1.00. The molecule has 3 nitrogen and oxygen atoms in total. The molecule has 0 amide bonds. The van der Waals surface area contributed by atoms with Crippen molar-refractivity contribution < 1.29 is 8.42 Å². The lowest BCUT2D eigenvalue weighted by molar-refractivity contribution is 0.175. The lowest BCUT2D eigenvalue weighted by atomic mass is 9.79. The summed E-state index contributed by atoms with van der Waals surface area (Å²) in [6.07, 6.45) is 1.96. The summed E-state index contributed by atoms with van der Waals surface area (Å²) in [6.45, 7) is 1.82. The second-order valence-corrected chi connectivity index (χ2v) is 5.98. The summed E-state index contributed by atoms with van der Waals surface area (Å²) >= 11 is 0. The summed E-state index contributed by atoms with van der Waals surface area (Å²) in [5, 5.41) is 3.14. The minimum atomic E-state index is -2.69. The predicted molar refractivity (Wildman–Crippen MR) is 50.4 cm³/mol. The summed E-state index contributed by atoms with van der Waals surface area (Å²) < 4.78 is 22.5. The first-order valence-corrected chi connectivity index (χ1v) is 5.85. The van der Waals surface area contributed by atoms with Crippen molar-refractivity contribution in [1.82, 2.24) is 5.32 Å². The molecule has 12 heavy (non-hydrogen) atoms. The van der Waals surface area contributed by atoms with E-state index >= 15 is 0 Å². The Labute approximate surface area is 79.2 Å².